The molecule has 0 bridgehead atoms. The van der Waals surface area contributed by atoms with Gasteiger partial charge in [-0.05, 0) is 103 Å². The van der Waals surface area contributed by atoms with Crippen molar-refractivity contribution in [2.75, 3.05) is 40.3 Å². The zero-order valence-corrected chi connectivity index (χ0v) is 30.1. The summed E-state index contributed by atoms with van der Waals surface area (Å²) >= 11 is 7.07. The Morgan fingerprint density at radius 1 is 1.06 bits per heavy atom. The number of carbonyl (C=O) groups excluding carboxylic acids is 1. The molecule has 3 aromatic carbocycles. The lowest BCUT2D eigenvalue weighted by molar-refractivity contribution is 0.00563. The number of nitrogens with one attached hydrogen (secondary N) is 1. The van der Waals surface area contributed by atoms with E-state index in [0.717, 1.165) is 62.8 Å². The number of rotatable bonds is 13. The molecule has 0 atom stereocenters. The molecule has 8 nitrogen and oxygen atoms in total. The van der Waals surface area contributed by atoms with Gasteiger partial charge in [-0.25, -0.2) is 9.18 Å². The minimum Gasteiger partial charge on any atom is -0.493 e. The Labute approximate surface area is 287 Å². The van der Waals surface area contributed by atoms with E-state index in [4.69, 9.17) is 26.2 Å². The first-order valence-corrected chi connectivity index (χ1v) is 16.9. The third-order valence-corrected chi connectivity index (χ3v) is 9.02. The minimum absolute atomic E-state index is 0.282. The second-order valence-corrected chi connectivity index (χ2v) is 13.9. The number of halogens is 2. The summed E-state index contributed by atoms with van der Waals surface area (Å²) in [5, 5.41) is 11.1. The Kier molecular flexibility index (Phi) is 10.8. The summed E-state index contributed by atoms with van der Waals surface area (Å²) in [5.74, 6) is 0.0452. The van der Waals surface area contributed by atoms with E-state index in [9.17, 15) is 9.18 Å². The molecule has 0 amide bonds. The van der Waals surface area contributed by atoms with Crippen LogP contribution in [0.2, 0.25) is 5.02 Å². The topological polar surface area (TPSA) is 73.6 Å². The average Bonchev–Trinajstić information content (AvgIpc) is 3.47. The van der Waals surface area contributed by atoms with E-state index in [1.807, 2.05) is 83.7 Å². The van der Waals surface area contributed by atoms with Gasteiger partial charge in [0.2, 0.25) is 0 Å². The van der Waals surface area contributed by atoms with E-state index in [1.165, 1.54) is 12.1 Å². The summed E-state index contributed by atoms with van der Waals surface area (Å²) in [4.78, 5) is 16.5. The second kappa shape index (κ2) is 14.7. The average molecular weight is 676 g/mol. The third kappa shape index (κ3) is 7.53. The van der Waals surface area contributed by atoms with Gasteiger partial charge in [0.05, 0.1) is 22.8 Å². The molecule has 2 aromatic heterocycles. The maximum absolute atomic E-state index is 14.2. The first-order chi connectivity index (χ1) is 22.8. The first-order valence-electron chi connectivity index (χ1n) is 16.5. The summed E-state index contributed by atoms with van der Waals surface area (Å²) in [6.45, 7) is 13.1. The SMILES string of the molecule is CNCCN(C)CCn1c(C(=O)OC(C)(C)C)c(CCCOc2cccc3cc(F)ccc23)c2ccc(Cl)c(-c3c(C)nn(C)c3C)c21. The Hall–Kier alpha value is -3.92. The number of ether oxygens (including phenoxy) is 2. The molecule has 2 heterocycles. The molecule has 256 valence electrons. The quantitative estimate of drug-likeness (QED) is 0.102. The van der Waals surface area contributed by atoms with Gasteiger partial charge in [-0.2, -0.15) is 5.10 Å². The van der Waals surface area contributed by atoms with Crippen LogP contribution < -0.4 is 10.1 Å². The van der Waals surface area contributed by atoms with Crippen molar-refractivity contribution in [2.45, 2.75) is 59.6 Å². The summed E-state index contributed by atoms with van der Waals surface area (Å²) in [6, 6.07) is 14.3. The van der Waals surface area contributed by atoms with Crippen molar-refractivity contribution in [1.29, 1.82) is 0 Å². The molecule has 0 radical (unpaired) electrons. The third-order valence-electron chi connectivity index (χ3n) is 8.71. The predicted molar refractivity (Wildman–Crippen MR) is 193 cm³/mol. The number of fused-ring (bicyclic) bond motifs is 2. The van der Waals surface area contributed by atoms with E-state index < -0.39 is 5.60 Å². The Bertz CT molecular complexity index is 1940. The normalized spacial score (nSPS) is 12.1. The molecule has 0 unspecified atom stereocenters. The Morgan fingerprint density at radius 2 is 1.81 bits per heavy atom. The standard InChI is InChI=1S/C38H47ClFN5O3/c1-24-33(25(2)44(8)42-24)34-31(39)17-16-30-29(12-10-22-47-32-13-9-11-26-23-27(40)14-15-28(26)32)36(37(46)48-38(3,4)5)45(35(30)34)21-20-43(7)19-18-41-6/h9,11,13-17,23,41H,10,12,18-22H2,1-8H3. The van der Waals surface area contributed by atoms with E-state index in [1.54, 1.807) is 6.07 Å². The van der Waals surface area contributed by atoms with Gasteiger partial charge >= 0.3 is 5.97 Å². The molecular weight excluding hydrogens is 629 g/mol. The van der Waals surface area contributed by atoms with E-state index in [0.29, 0.717) is 49.0 Å². The van der Waals surface area contributed by atoms with E-state index >= 15 is 0 Å². The van der Waals surface area contributed by atoms with E-state index in [-0.39, 0.29) is 11.8 Å². The van der Waals surface area contributed by atoms with Crippen LogP contribution in [0.3, 0.4) is 0 Å². The van der Waals surface area contributed by atoms with Crippen LogP contribution in [0.1, 0.15) is 54.6 Å². The van der Waals surface area contributed by atoms with Gasteiger partial charge in [-0.3, -0.25) is 4.68 Å². The van der Waals surface area contributed by atoms with Gasteiger partial charge in [-0.15, -0.1) is 0 Å². The fourth-order valence-electron chi connectivity index (χ4n) is 6.37. The van der Waals surface area contributed by atoms with Crippen LogP contribution >= 0.6 is 11.6 Å². The fraction of sp³-hybridized carbons (Fsp3) is 0.421. The molecule has 1 N–H and O–H groups in total. The van der Waals surface area contributed by atoms with Crippen molar-refractivity contribution in [3.8, 4) is 16.9 Å². The van der Waals surface area contributed by atoms with Gasteiger partial charge in [0.25, 0.3) is 0 Å². The highest BCUT2D eigenvalue weighted by Crippen LogP contribution is 2.42. The Balaban J connectivity index is 1.61. The lowest BCUT2D eigenvalue weighted by Crippen LogP contribution is -2.31. The second-order valence-electron chi connectivity index (χ2n) is 13.4. The van der Waals surface area contributed by atoms with E-state index in [2.05, 4.69) is 21.8 Å². The summed E-state index contributed by atoms with van der Waals surface area (Å²) in [7, 11) is 5.95. The molecule has 0 aliphatic rings. The molecule has 0 aliphatic carbocycles. The number of esters is 1. The lowest BCUT2D eigenvalue weighted by atomic mass is 9.98. The smallest absolute Gasteiger partial charge is 0.355 e. The largest absolute Gasteiger partial charge is 0.493 e. The number of hydrogen-bond donors (Lipinski definition) is 1. The number of benzene rings is 3. The summed E-state index contributed by atoms with van der Waals surface area (Å²) in [6.07, 6.45) is 1.20. The van der Waals surface area contributed by atoms with Crippen LogP contribution in [0.25, 0.3) is 32.8 Å². The zero-order chi connectivity index (χ0) is 34.7. The highest BCUT2D eigenvalue weighted by atomic mass is 35.5. The van der Waals surface area contributed by atoms with Crippen molar-refractivity contribution in [3.05, 3.63) is 82.0 Å². The van der Waals surface area contributed by atoms with Gasteiger partial charge in [0.1, 0.15) is 22.9 Å². The number of aryl methyl sites for hydroxylation is 3. The number of likely N-dealkylation sites (N-methyl/N-ethyl adjacent to an activating group) is 2. The molecule has 0 saturated heterocycles. The van der Waals surface area contributed by atoms with Gasteiger partial charge < -0.3 is 24.3 Å². The molecule has 48 heavy (non-hydrogen) atoms. The fourth-order valence-corrected chi connectivity index (χ4v) is 6.62. The number of nitrogens with zero attached hydrogens (tertiary/aromatic N) is 4. The van der Waals surface area contributed by atoms with Crippen LogP contribution in [0.15, 0.2) is 48.5 Å². The molecule has 5 rings (SSSR count). The van der Waals surface area contributed by atoms with Crippen molar-refractivity contribution in [2.24, 2.45) is 7.05 Å². The summed E-state index contributed by atoms with van der Waals surface area (Å²) < 4.78 is 30.2. The maximum Gasteiger partial charge on any atom is 0.355 e. The molecule has 0 fully saturated rings. The summed E-state index contributed by atoms with van der Waals surface area (Å²) in [5.41, 5.74) is 5.34. The number of aromatic nitrogens is 3. The molecule has 0 aliphatic heterocycles. The van der Waals surface area contributed by atoms with Crippen LogP contribution in [0.5, 0.6) is 5.75 Å². The van der Waals surface area contributed by atoms with Gasteiger partial charge in [0.15, 0.2) is 0 Å². The molecule has 10 heteroatoms. The Morgan fingerprint density at radius 3 is 2.50 bits per heavy atom. The number of carbonyl (C=O) groups is 1. The van der Waals surface area contributed by atoms with Crippen LogP contribution in [0.4, 0.5) is 4.39 Å². The van der Waals surface area contributed by atoms with Gasteiger partial charge in [0, 0.05) is 60.8 Å². The van der Waals surface area contributed by atoms with Crippen molar-refractivity contribution in [3.63, 3.8) is 0 Å². The molecule has 0 saturated carbocycles. The van der Waals surface area contributed by atoms with Crippen LogP contribution in [-0.2, 0) is 24.8 Å². The van der Waals surface area contributed by atoms with Gasteiger partial charge in [-0.1, -0.05) is 29.8 Å². The molecule has 5 aromatic rings. The zero-order valence-electron chi connectivity index (χ0n) is 29.3. The highest BCUT2D eigenvalue weighted by Gasteiger charge is 2.30. The minimum atomic E-state index is -0.687. The maximum atomic E-state index is 14.2. The van der Waals surface area contributed by atoms with Crippen molar-refractivity contribution >= 4 is 39.2 Å². The number of hydrogen-bond acceptors (Lipinski definition) is 6. The van der Waals surface area contributed by atoms with Crippen molar-refractivity contribution < 1.29 is 18.7 Å². The highest BCUT2D eigenvalue weighted by molar-refractivity contribution is 6.35. The van der Waals surface area contributed by atoms with Crippen LogP contribution in [0, 0.1) is 19.7 Å². The monoisotopic (exact) mass is 675 g/mol. The predicted octanol–water partition coefficient (Wildman–Crippen LogP) is 7.72. The lowest BCUT2D eigenvalue weighted by Gasteiger charge is -2.23. The molecular formula is C38H47ClFN5O3. The van der Waals surface area contributed by atoms with Crippen molar-refractivity contribution in [1.82, 2.24) is 24.6 Å². The van der Waals surface area contributed by atoms with Crippen LogP contribution in [-0.4, -0.2) is 71.2 Å². The first kappa shape index (κ1) is 35.4. The molecule has 0 spiro atoms.